The molecule has 0 aliphatic rings. The van der Waals surface area contributed by atoms with Crippen molar-refractivity contribution in [2.24, 2.45) is 0 Å². The van der Waals surface area contributed by atoms with Crippen LogP contribution >= 0.6 is 11.6 Å². The summed E-state index contributed by atoms with van der Waals surface area (Å²) >= 11 is 6.02. The minimum atomic E-state index is -0.0807. The molecule has 22 heavy (non-hydrogen) atoms. The van der Waals surface area contributed by atoms with Crippen molar-refractivity contribution in [3.8, 4) is 0 Å². The number of hydrogen-bond donors (Lipinski definition) is 0. The lowest BCUT2D eigenvalue weighted by Gasteiger charge is -2.11. The Balaban J connectivity index is 2.01. The van der Waals surface area contributed by atoms with Crippen LogP contribution in [0.3, 0.4) is 0 Å². The fraction of sp³-hybridized carbons (Fsp3) is 0.0625. The number of hydrogen-bond acceptors (Lipinski definition) is 3. The Morgan fingerprint density at radius 1 is 1.05 bits per heavy atom. The monoisotopic (exact) mass is 310 g/mol. The van der Waals surface area contributed by atoms with Crippen LogP contribution in [0.1, 0.15) is 5.56 Å². The van der Waals surface area contributed by atoms with E-state index in [9.17, 15) is 4.79 Å². The van der Waals surface area contributed by atoms with Gasteiger partial charge < -0.3 is 0 Å². The number of halogens is 1. The fourth-order valence-electron chi connectivity index (χ4n) is 2.64. The van der Waals surface area contributed by atoms with E-state index in [0.29, 0.717) is 22.6 Å². The van der Waals surface area contributed by atoms with Crippen LogP contribution in [0, 0.1) is 0 Å². The Bertz CT molecular complexity index is 1050. The Morgan fingerprint density at radius 2 is 1.86 bits per heavy atom. The van der Waals surface area contributed by atoms with Crippen molar-refractivity contribution >= 4 is 28.0 Å². The first kappa shape index (κ1) is 13.0. The lowest BCUT2D eigenvalue weighted by atomic mass is 10.2. The zero-order valence-electron chi connectivity index (χ0n) is 11.5. The summed E-state index contributed by atoms with van der Waals surface area (Å²) in [6.45, 7) is 0.402. The largest absolute Gasteiger partial charge is 0.273 e. The Kier molecular flexibility index (Phi) is 2.94. The molecule has 4 rings (SSSR count). The molecule has 0 saturated carbocycles. The lowest BCUT2D eigenvalue weighted by Crippen LogP contribution is -2.26. The van der Waals surface area contributed by atoms with Gasteiger partial charge >= 0.3 is 0 Å². The van der Waals surface area contributed by atoms with Gasteiger partial charge in [-0.25, -0.2) is 9.20 Å². The molecule has 6 heteroatoms. The normalized spacial score (nSPS) is 11.3. The summed E-state index contributed by atoms with van der Waals surface area (Å²) in [4.78, 5) is 12.8. The molecule has 5 nitrogen and oxygen atoms in total. The number of benzene rings is 2. The molecule has 0 aliphatic carbocycles. The van der Waals surface area contributed by atoms with Gasteiger partial charge in [-0.15, -0.1) is 10.2 Å². The fourth-order valence-corrected chi connectivity index (χ4v) is 2.85. The second kappa shape index (κ2) is 4.96. The van der Waals surface area contributed by atoms with Gasteiger partial charge in [0.15, 0.2) is 5.65 Å². The van der Waals surface area contributed by atoms with E-state index in [1.54, 1.807) is 21.6 Å². The first-order chi connectivity index (χ1) is 10.7. The predicted molar refractivity (Wildman–Crippen MR) is 85.3 cm³/mol. The smallest absolute Gasteiger partial charge is 0.267 e. The van der Waals surface area contributed by atoms with Crippen molar-refractivity contribution in [3.63, 3.8) is 0 Å². The summed E-state index contributed by atoms with van der Waals surface area (Å²) in [5.41, 5.74) is 1.53. The third-order valence-electron chi connectivity index (χ3n) is 3.64. The average molecular weight is 311 g/mol. The predicted octanol–water partition coefficient (Wildman–Crippen LogP) is 2.75. The Hall–Kier alpha value is -2.66. The molecule has 2 aromatic carbocycles. The van der Waals surface area contributed by atoms with Crippen LogP contribution in [0.5, 0.6) is 0 Å². The van der Waals surface area contributed by atoms with E-state index in [2.05, 4.69) is 10.2 Å². The molecule has 0 fully saturated rings. The molecule has 0 amide bonds. The van der Waals surface area contributed by atoms with Gasteiger partial charge in [0, 0.05) is 10.4 Å². The van der Waals surface area contributed by atoms with Crippen LogP contribution < -0.4 is 5.56 Å². The van der Waals surface area contributed by atoms with E-state index in [4.69, 9.17) is 11.6 Å². The minimum Gasteiger partial charge on any atom is -0.267 e. The van der Waals surface area contributed by atoms with Crippen LogP contribution in [0.25, 0.3) is 16.4 Å². The maximum atomic E-state index is 12.8. The molecule has 0 saturated heterocycles. The van der Waals surface area contributed by atoms with Crippen molar-refractivity contribution < 1.29 is 0 Å². The van der Waals surface area contributed by atoms with Crippen molar-refractivity contribution in [2.45, 2.75) is 6.54 Å². The van der Waals surface area contributed by atoms with Crippen LogP contribution in [-0.2, 0) is 6.54 Å². The van der Waals surface area contributed by atoms with Gasteiger partial charge in [0.25, 0.3) is 5.56 Å². The maximum absolute atomic E-state index is 12.8. The zero-order valence-corrected chi connectivity index (χ0v) is 12.2. The molecule has 0 bridgehead atoms. The SMILES string of the molecule is O=c1c2ccccc2c2nncn2n1Cc1cccc(Cl)c1. The van der Waals surface area contributed by atoms with E-state index in [0.717, 1.165) is 10.9 Å². The van der Waals surface area contributed by atoms with Crippen LogP contribution in [-0.4, -0.2) is 19.4 Å². The molecular formula is C16H11ClN4O. The zero-order chi connectivity index (χ0) is 15.1. The quantitative estimate of drug-likeness (QED) is 0.572. The highest BCUT2D eigenvalue weighted by Gasteiger charge is 2.12. The van der Waals surface area contributed by atoms with Crippen molar-refractivity contribution in [2.75, 3.05) is 0 Å². The summed E-state index contributed by atoms with van der Waals surface area (Å²) in [6.07, 6.45) is 1.55. The lowest BCUT2D eigenvalue weighted by molar-refractivity contribution is 0.605. The molecule has 4 aromatic rings. The van der Waals surface area contributed by atoms with Gasteiger partial charge in [0.2, 0.25) is 0 Å². The third-order valence-corrected chi connectivity index (χ3v) is 3.88. The number of nitrogens with zero attached hydrogens (tertiary/aromatic N) is 4. The molecule has 0 spiro atoms. The summed E-state index contributed by atoms with van der Waals surface area (Å²) in [5.74, 6) is 0. The highest BCUT2D eigenvalue weighted by atomic mass is 35.5. The molecule has 2 aromatic heterocycles. The molecule has 108 valence electrons. The van der Waals surface area contributed by atoms with E-state index < -0.39 is 0 Å². The second-order valence-electron chi connectivity index (χ2n) is 5.04. The van der Waals surface area contributed by atoms with E-state index in [-0.39, 0.29) is 5.56 Å². The standard InChI is InChI=1S/C16H11ClN4O/c17-12-5-3-4-11(8-12)9-20-16(22)14-7-2-1-6-13(14)15-19-18-10-21(15)20/h1-8,10H,9H2. The highest BCUT2D eigenvalue weighted by Crippen LogP contribution is 2.16. The van der Waals surface area contributed by atoms with Crippen LogP contribution in [0.15, 0.2) is 59.7 Å². The number of aromatic nitrogens is 4. The third kappa shape index (κ3) is 1.98. The topological polar surface area (TPSA) is 52.2 Å². The molecule has 0 aliphatic heterocycles. The van der Waals surface area contributed by atoms with Gasteiger partial charge in [-0.05, 0) is 23.8 Å². The van der Waals surface area contributed by atoms with E-state index in [1.807, 2.05) is 42.5 Å². The van der Waals surface area contributed by atoms with Crippen molar-refractivity contribution in [1.82, 2.24) is 19.4 Å². The molecule has 0 N–H and O–H groups in total. The molecule has 0 radical (unpaired) electrons. The summed E-state index contributed by atoms with van der Waals surface area (Å²) in [7, 11) is 0. The highest BCUT2D eigenvalue weighted by molar-refractivity contribution is 6.30. The first-order valence-corrected chi connectivity index (χ1v) is 7.18. The van der Waals surface area contributed by atoms with E-state index in [1.165, 1.54) is 0 Å². The second-order valence-corrected chi connectivity index (χ2v) is 5.47. The van der Waals surface area contributed by atoms with Gasteiger partial charge in [0.1, 0.15) is 6.33 Å². The summed E-state index contributed by atoms with van der Waals surface area (Å²) < 4.78 is 3.30. The molecule has 0 atom stereocenters. The van der Waals surface area contributed by atoms with Crippen LogP contribution in [0.4, 0.5) is 0 Å². The maximum Gasteiger partial charge on any atom is 0.273 e. The number of rotatable bonds is 2. The van der Waals surface area contributed by atoms with Gasteiger partial charge in [-0.3, -0.25) is 4.79 Å². The van der Waals surface area contributed by atoms with Gasteiger partial charge in [0.05, 0.1) is 11.9 Å². The minimum absolute atomic E-state index is 0.0807. The Labute approximate surface area is 130 Å². The first-order valence-electron chi connectivity index (χ1n) is 6.80. The average Bonchev–Trinajstić information content (AvgIpc) is 3.01. The Morgan fingerprint density at radius 3 is 2.68 bits per heavy atom. The van der Waals surface area contributed by atoms with Gasteiger partial charge in [-0.2, -0.15) is 0 Å². The van der Waals surface area contributed by atoms with Gasteiger partial charge in [-0.1, -0.05) is 41.9 Å². The number of fused-ring (bicyclic) bond motifs is 3. The summed E-state index contributed by atoms with van der Waals surface area (Å²) in [5, 5.41) is 10.1. The molecule has 0 unspecified atom stereocenters. The van der Waals surface area contributed by atoms with Crippen molar-refractivity contribution in [3.05, 3.63) is 75.8 Å². The molecular weight excluding hydrogens is 300 g/mol. The van der Waals surface area contributed by atoms with Crippen LogP contribution in [0.2, 0.25) is 5.02 Å². The summed E-state index contributed by atoms with van der Waals surface area (Å²) in [6, 6.07) is 14.9. The van der Waals surface area contributed by atoms with Crippen molar-refractivity contribution in [1.29, 1.82) is 0 Å². The molecule has 2 heterocycles. The van der Waals surface area contributed by atoms with E-state index >= 15 is 0 Å².